The van der Waals surface area contributed by atoms with E-state index in [-0.39, 0.29) is 27.9 Å². The molecule has 0 amide bonds. The second-order valence-electron chi connectivity index (χ2n) is 4.49. The maximum atomic E-state index is 14.0. The Morgan fingerprint density at radius 2 is 2.11 bits per heavy atom. The van der Waals surface area contributed by atoms with Crippen molar-refractivity contribution in [2.75, 3.05) is 0 Å². The average molecular weight is 283 g/mol. The average Bonchev–Trinajstić information content (AvgIpc) is 2.81. The van der Waals surface area contributed by atoms with Crippen molar-refractivity contribution in [1.82, 2.24) is 10.2 Å². The van der Waals surface area contributed by atoms with Gasteiger partial charge in [0.05, 0.1) is 10.7 Å². The minimum atomic E-state index is -1.15. The minimum absolute atomic E-state index is 0.000995. The van der Waals surface area contributed by atoms with Gasteiger partial charge in [0.15, 0.2) is 5.82 Å². The Bertz CT molecular complexity index is 638. The Morgan fingerprint density at radius 1 is 1.42 bits per heavy atom. The van der Waals surface area contributed by atoms with Gasteiger partial charge in [-0.3, -0.25) is 5.10 Å². The highest BCUT2D eigenvalue weighted by atomic mass is 35.5. The predicted molar refractivity (Wildman–Crippen MR) is 70.0 cm³/mol. The van der Waals surface area contributed by atoms with Crippen LogP contribution in [-0.2, 0) is 0 Å². The summed E-state index contributed by atoms with van der Waals surface area (Å²) in [6, 6.07) is 4.48. The zero-order chi connectivity index (χ0) is 14.2. The number of carboxylic acids is 1. The number of rotatable bonds is 3. The van der Waals surface area contributed by atoms with Crippen molar-refractivity contribution in [2.24, 2.45) is 0 Å². The number of aromatic carboxylic acids is 1. The number of hydrogen-bond acceptors (Lipinski definition) is 2. The molecule has 2 N–H and O–H groups in total. The van der Waals surface area contributed by atoms with Crippen molar-refractivity contribution in [1.29, 1.82) is 0 Å². The van der Waals surface area contributed by atoms with Gasteiger partial charge in [0.25, 0.3) is 0 Å². The number of nitrogens with one attached hydrogen (secondary N) is 1. The van der Waals surface area contributed by atoms with Crippen LogP contribution in [0.3, 0.4) is 0 Å². The van der Waals surface area contributed by atoms with Crippen LogP contribution in [0.5, 0.6) is 0 Å². The molecule has 6 heteroatoms. The van der Waals surface area contributed by atoms with Gasteiger partial charge in [-0.1, -0.05) is 25.4 Å². The van der Waals surface area contributed by atoms with Crippen LogP contribution in [0.4, 0.5) is 4.39 Å². The second-order valence-corrected chi connectivity index (χ2v) is 4.90. The lowest BCUT2D eigenvalue weighted by atomic mass is 9.99. The first-order chi connectivity index (χ1) is 8.90. The molecule has 19 heavy (non-hydrogen) atoms. The van der Waals surface area contributed by atoms with Crippen molar-refractivity contribution < 1.29 is 14.3 Å². The second kappa shape index (κ2) is 5.01. The molecule has 1 aromatic carbocycles. The highest BCUT2D eigenvalue weighted by Crippen LogP contribution is 2.31. The van der Waals surface area contributed by atoms with E-state index in [0.29, 0.717) is 0 Å². The number of carboxylic acid groups (broad SMARTS) is 1. The van der Waals surface area contributed by atoms with E-state index in [9.17, 15) is 9.18 Å². The number of aromatic nitrogens is 2. The Kier molecular flexibility index (Phi) is 3.57. The number of aromatic amines is 1. The lowest BCUT2D eigenvalue weighted by Gasteiger charge is -2.09. The highest BCUT2D eigenvalue weighted by molar-refractivity contribution is 6.31. The van der Waals surface area contributed by atoms with Crippen LogP contribution in [0.2, 0.25) is 5.02 Å². The van der Waals surface area contributed by atoms with Gasteiger partial charge in [-0.15, -0.1) is 0 Å². The van der Waals surface area contributed by atoms with E-state index in [0.717, 1.165) is 5.56 Å². The summed E-state index contributed by atoms with van der Waals surface area (Å²) in [6.07, 6.45) is 0. The van der Waals surface area contributed by atoms with Crippen molar-refractivity contribution in [3.05, 3.63) is 40.3 Å². The third-order valence-electron chi connectivity index (χ3n) is 2.80. The number of halogens is 2. The number of benzene rings is 1. The molecule has 0 bridgehead atoms. The van der Waals surface area contributed by atoms with Gasteiger partial charge in [0.2, 0.25) is 0 Å². The Balaban J connectivity index is 2.56. The molecule has 0 fully saturated rings. The van der Waals surface area contributed by atoms with E-state index < -0.39 is 11.8 Å². The summed E-state index contributed by atoms with van der Waals surface area (Å²) in [6.45, 7) is 3.92. The number of hydrogen-bond donors (Lipinski definition) is 2. The molecular weight excluding hydrogens is 271 g/mol. The minimum Gasteiger partial charge on any atom is -0.477 e. The Hall–Kier alpha value is -1.88. The fraction of sp³-hybridized carbons (Fsp3) is 0.231. The predicted octanol–water partition coefficient (Wildman–Crippen LogP) is 3.69. The SMILES string of the molecule is CC(C)c1cc(Cl)c(F)c(-c2cc(C(=O)O)[nH]n2)c1. The Labute approximate surface area is 114 Å². The first kappa shape index (κ1) is 13.5. The number of nitrogens with zero attached hydrogens (tertiary/aromatic N) is 1. The normalized spacial score (nSPS) is 11.0. The zero-order valence-electron chi connectivity index (χ0n) is 10.4. The summed E-state index contributed by atoms with van der Waals surface area (Å²) in [5.74, 6) is -1.57. The van der Waals surface area contributed by atoms with Crippen LogP contribution < -0.4 is 0 Å². The van der Waals surface area contributed by atoms with Crippen LogP contribution >= 0.6 is 11.6 Å². The first-order valence-electron chi connectivity index (χ1n) is 5.68. The molecule has 0 aliphatic heterocycles. The quantitative estimate of drug-likeness (QED) is 0.902. The molecule has 0 atom stereocenters. The van der Waals surface area contributed by atoms with Crippen LogP contribution in [0.25, 0.3) is 11.3 Å². The van der Waals surface area contributed by atoms with Gasteiger partial charge < -0.3 is 5.11 Å². The van der Waals surface area contributed by atoms with E-state index in [4.69, 9.17) is 16.7 Å². The summed E-state index contributed by atoms with van der Waals surface area (Å²) in [7, 11) is 0. The summed E-state index contributed by atoms with van der Waals surface area (Å²) >= 11 is 5.85. The van der Waals surface area contributed by atoms with Gasteiger partial charge >= 0.3 is 5.97 Å². The molecule has 0 saturated carbocycles. The molecule has 100 valence electrons. The number of H-pyrrole nitrogens is 1. The zero-order valence-corrected chi connectivity index (χ0v) is 11.1. The van der Waals surface area contributed by atoms with E-state index >= 15 is 0 Å². The van der Waals surface area contributed by atoms with Gasteiger partial charge in [-0.05, 0) is 29.7 Å². The molecule has 0 radical (unpaired) electrons. The Morgan fingerprint density at radius 3 is 2.63 bits per heavy atom. The largest absolute Gasteiger partial charge is 0.477 e. The van der Waals surface area contributed by atoms with Gasteiger partial charge in [-0.2, -0.15) is 5.10 Å². The van der Waals surface area contributed by atoms with Gasteiger partial charge in [-0.25, -0.2) is 9.18 Å². The van der Waals surface area contributed by atoms with E-state index in [2.05, 4.69) is 10.2 Å². The van der Waals surface area contributed by atoms with Crippen LogP contribution in [-0.4, -0.2) is 21.3 Å². The summed E-state index contributed by atoms with van der Waals surface area (Å²) in [4.78, 5) is 10.8. The van der Waals surface area contributed by atoms with Crippen molar-refractivity contribution >= 4 is 17.6 Å². The maximum Gasteiger partial charge on any atom is 0.353 e. The van der Waals surface area contributed by atoms with Crippen LogP contribution in [0.1, 0.15) is 35.8 Å². The monoisotopic (exact) mass is 282 g/mol. The maximum absolute atomic E-state index is 14.0. The van der Waals surface area contributed by atoms with Crippen LogP contribution in [0.15, 0.2) is 18.2 Å². The van der Waals surface area contributed by atoms with Crippen molar-refractivity contribution in [3.8, 4) is 11.3 Å². The first-order valence-corrected chi connectivity index (χ1v) is 6.06. The molecule has 0 unspecified atom stereocenters. The molecule has 0 aliphatic rings. The lowest BCUT2D eigenvalue weighted by molar-refractivity contribution is 0.0690. The van der Waals surface area contributed by atoms with Gasteiger partial charge in [0, 0.05) is 5.56 Å². The lowest BCUT2D eigenvalue weighted by Crippen LogP contribution is -1.95. The van der Waals surface area contributed by atoms with Crippen molar-refractivity contribution in [3.63, 3.8) is 0 Å². The van der Waals surface area contributed by atoms with E-state index in [1.54, 1.807) is 12.1 Å². The molecule has 1 aromatic heterocycles. The molecule has 0 spiro atoms. The van der Waals surface area contributed by atoms with Gasteiger partial charge in [0.1, 0.15) is 5.69 Å². The topological polar surface area (TPSA) is 66.0 Å². The fourth-order valence-electron chi connectivity index (χ4n) is 1.70. The summed E-state index contributed by atoms with van der Waals surface area (Å²) < 4.78 is 14.0. The molecule has 0 aliphatic carbocycles. The molecule has 2 rings (SSSR count). The van der Waals surface area contributed by atoms with Crippen molar-refractivity contribution in [2.45, 2.75) is 19.8 Å². The van der Waals surface area contributed by atoms with E-state index in [1.807, 2.05) is 13.8 Å². The number of carbonyl (C=O) groups is 1. The van der Waals surface area contributed by atoms with Crippen LogP contribution in [0, 0.1) is 5.82 Å². The highest BCUT2D eigenvalue weighted by Gasteiger charge is 2.16. The standard InChI is InChI=1S/C13H12ClFN2O2/c1-6(2)7-3-8(12(15)9(14)4-7)10-5-11(13(18)19)17-16-10/h3-6H,1-2H3,(H,16,17)(H,18,19). The third kappa shape index (κ3) is 2.61. The molecule has 1 heterocycles. The van der Waals surface area contributed by atoms with E-state index in [1.165, 1.54) is 6.07 Å². The molecule has 0 saturated heterocycles. The summed E-state index contributed by atoms with van der Waals surface area (Å²) in [5, 5.41) is 15.0. The fourth-order valence-corrected chi connectivity index (χ4v) is 1.93. The summed E-state index contributed by atoms with van der Waals surface area (Å²) in [5.41, 5.74) is 1.18. The molecular formula is C13H12ClFN2O2. The molecule has 4 nitrogen and oxygen atoms in total. The smallest absolute Gasteiger partial charge is 0.353 e. The third-order valence-corrected chi connectivity index (χ3v) is 3.08. The molecule has 2 aromatic rings.